The molecule has 1 atom stereocenters. The van der Waals surface area contributed by atoms with Crippen molar-refractivity contribution in [3.05, 3.63) is 62.5 Å². The predicted octanol–water partition coefficient (Wildman–Crippen LogP) is 4.85. The quantitative estimate of drug-likeness (QED) is 0.474. The Morgan fingerprint density at radius 2 is 1.59 bits per heavy atom. The van der Waals surface area contributed by atoms with Crippen LogP contribution in [0.3, 0.4) is 0 Å². The second-order valence-electron chi connectivity index (χ2n) is 8.88. The van der Waals surface area contributed by atoms with Crippen molar-refractivity contribution in [3.63, 3.8) is 0 Å². The number of nitrogens with zero attached hydrogens (tertiary/aromatic N) is 2. The van der Waals surface area contributed by atoms with Crippen molar-refractivity contribution < 1.29 is 18.0 Å². The van der Waals surface area contributed by atoms with Crippen LogP contribution in [0.2, 0.25) is 10.0 Å². The summed E-state index contributed by atoms with van der Waals surface area (Å²) in [7, 11) is -3.81. The van der Waals surface area contributed by atoms with E-state index in [1.54, 1.807) is 49.4 Å². The molecule has 2 aromatic rings. The highest BCUT2D eigenvalue weighted by Gasteiger charge is 2.32. The van der Waals surface area contributed by atoms with Crippen LogP contribution in [-0.4, -0.2) is 49.5 Å². The molecule has 186 valence electrons. The molecule has 1 N–H and O–H groups in total. The minimum atomic E-state index is -3.81. The first-order valence-corrected chi connectivity index (χ1v) is 13.8. The Balaban J connectivity index is 2.46. The molecule has 0 unspecified atom stereocenters. The van der Waals surface area contributed by atoms with E-state index in [-0.39, 0.29) is 6.54 Å². The van der Waals surface area contributed by atoms with E-state index < -0.39 is 40.0 Å². The SMILES string of the molecule is C[C@H](C(=O)NC(C)(C)C)N(Cc1c(Cl)cccc1Cl)C(=O)CN(c1ccc(Br)cc1)S(C)(=O)=O. The van der Waals surface area contributed by atoms with Crippen LogP contribution >= 0.6 is 39.1 Å². The van der Waals surface area contributed by atoms with E-state index in [1.165, 1.54) is 4.90 Å². The van der Waals surface area contributed by atoms with Gasteiger partial charge in [0.15, 0.2) is 0 Å². The molecule has 0 spiro atoms. The Bertz CT molecular complexity index is 1130. The van der Waals surface area contributed by atoms with Gasteiger partial charge in [0.2, 0.25) is 21.8 Å². The van der Waals surface area contributed by atoms with Crippen molar-refractivity contribution >= 4 is 66.7 Å². The van der Waals surface area contributed by atoms with Gasteiger partial charge in [-0.15, -0.1) is 0 Å². The zero-order valence-corrected chi connectivity index (χ0v) is 23.5. The van der Waals surface area contributed by atoms with Crippen molar-refractivity contribution in [2.45, 2.75) is 45.8 Å². The molecular weight excluding hydrogens is 565 g/mol. The number of anilines is 1. The second-order valence-corrected chi connectivity index (χ2v) is 12.5. The van der Waals surface area contributed by atoms with Gasteiger partial charge in [0, 0.05) is 32.2 Å². The number of sulfonamides is 1. The number of halogens is 3. The Hall–Kier alpha value is -1.81. The molecule has 0 saturated carbocycles. The van der Waals surface area contributed by atoms with Crippen LogP contribution in [0.4, 0.5) is 5.69 Å². The fourth-order valence-electron chi connectivity index (χ4n) is 3.13. The molecule has 7 nitrogen and oxygen atoms in total. The van der Waals surface area contributed by atoms with Gasteiger partial charge in [0.05, 0.1) is 11.9 Å². The first-order chi connectivity index (χ1) is 15.6. The minimum absolute atomic E-state index is 0.0754. The van der Waals surface area contributed by atoms with Crippen molar-refractivity contribution in [1.82, 2.24) is 10.2 Å². The van der Waals surface area contributed by atoms with Crippen molar-refractivity contribution in [3.8, 4) is 0 Å². The molecule has 11 heteroatoms. The maximum absolute atomic E-state index is 13.5. The van der Waals surface area contributed by atoms with Crippen LogP contribution in [0.1, 0.15) is 33.3 Å². The molecule has 34 heavy (non-hydrogen) atoms. The Labute approximate surface area is 219 Å². The molecule has 2 rings (SSSR count). The standard InChI is InChI=1S/C23H28BrCl2N3O4S/c1-15(22(31)27-23(2,3)4)28(13-18-19(25)7-6-8-20(18)26)21(30)14-29(34(5,32)33)17-11-9-16(24)10-12-17/h6-12,15H,13-14H2,1-5H3,(H,27,31)/t15-/m1/s1. The molecule has 0 radical (unpaired) electrons. The van der Waals surface area contributed by atoms with E-state index in [2.05, 4.69) is 21.2 Å². The van der Waals surface area contributed by atoms with E-state index in [1.807, 2.05) is 20.8 Å². The Kier molecular flexibility index (Phi) is 9.44. The molecule has 2 aromatic carbocycles. The summed E-state index contributed by atoms with van der Waals surface area (Å²) in [5.41, 5.74) is 0.254. The maximum Gasteiger partial charge on any atom is 0.244 e. The summed E-state index contributed by atoms with van der Waals surface area (Å²) in [4.78, 5) is 27.8. The number of benzene rings is 2. The summed E-state index contributed by atoms with van der Waals surface area (Å²) in [6.45, 7) is 6.48. The van der Waals surface area contributed by atoms with Crippen LogP contribution in [0.5, 0.6) is 0 Å². The van der Waals surface area contributed by atoms with E-state index in [4.69, 9.17) is 23.2 Å². The minimum Gasteiger partial charge on any atom is -0.350 e. The van der Waals surface area contributed by atoms with Gasteiger partial charge in [0.25, 0.3) is 0 Å². The van der Waals surface area contributed by atoms with Crippen LogP contribution in [0.15, 0.2) is 46.9 Å². The highest BCUT2D eigenvalue weighted by atomic mass is 79.9. The first kappa shape index (κ1) is 28.4. The molecule has 0 aromatic heterocycles. The van der Waals surface area contributed by atoms with Gasteiger partial charge in [-0.25, -0.2) is 8.42 Å². The summed E-state index contributed by atoms with van der Waals surface area (Å²) < 4.78 is 26.9. The molecule has 0 saturated heterocycles. The number of carbonyl (C=O) groups excluding carboxylic acids is 2. The lowest BCUT2D eigenvalue weighted by Crippen LogP contribution is -2.54. The Morgan fingerprint density at radius 3 is 2.06 bits per heavy atom. The maximum atomic E-state index is 13.5. The molecule has 2 amide bonds. The summed E-state index contributed by atoms with van der Waals surface area (Å²) in [6, 6.07) is 10.6. The summed E-state index contributed by atoms with van der Waals surface area (Å²) >= 11 is 16.0. The van der Waals surface area contributed by atoms with Gasteiger partial charge in [-0.1, -0.05) is 45.2 Å². The normalized spacial score (nSPS) is 12.7. The number of hydrogen-bond donors (Lipinski definition) is 1. The van der Waals surface area contributed by atoms with Gasteiger partial charge < -0.3 is 10.2 Å². The third-order valence-electron chi connectivity index (χ3n) is 4.85. The molecule has 0 bridgehead atoms. The number of nitrogens with one attached hydrogen (secondary N) is 1. The largest absolute Gasteiger partial charge is 0.350 e. The van der Waals surface area contributed by atoms with Gasteiger partial charge >= 0.3 is 0 Å². The van der Waals surface area contributed by atoms with Crippen LogP contribution in [0.25, 0.3) is 0 Å². The van der Waals surface area contributed by atoms with Crippen molar-refractivity contribution in [2.75, 3.05) is 17.1 Å². The molecule has 0 fully saturated rings. The monoisotopic (exact) mass is 591 g/mol. The average molecular weight is 593 g/mol. The highest BCUT2D eigenvalue weighted by Crippen LogP contribution is 2.27. The zero-order valence-electron chi connectivity index (χ0n) is 19.6. The zero-order chi connectivity index (χ0) is 25.8. The van der Waals surface area contributed by atoms with Crippen LogP contribution < -0.4 is 9.62 Å². The van der Waals surface area contributed by atoms with Crippen molar-refractivity contribution in [2.24, 2.45) is 0 Å². The highest BCUT2D eigenvalue weighted by molar-refractivity contribution is 9.10. The molecule has 0 aliphatic heterocycles. The van der Waals surface area contributed by atoms with Gasteiger partial charge in [-0.3, -0.25) is 13.9 Å². The molecular formula is C23H28BrCl2N3O4S. The lowest BCUT2D eigenvalue weighted by molar-refractivity contribution is -0.140. The van der Waals surface area contributed by atoms with Gasteiger partial charge in [0.1, 0.15) is 12.6 Å². The topological polar surface area (TPSA) is 86.8 Å². The third kappa shape index (κ3) is 7.86. The van der Waals surface area contributed by atoms with Crippen molar-refractivity contribution in [1.29, 1.82) is 0 Å². The first-order valence-electron chi connectivity index (χ1n) is 10.4. The molecule has 0 aliphatic rings. The van der Waals surface area contributed by atoms with E-state index in [0.717, 1.165) is 15.0 Å². The van der Waals surface area contributed by atoms with E-state index >= 15 is 0 Å². The van der Waals surface area contributed by atoms with Crippen LogP contribution in [-0.2, 0) is 26.2 Å². The number of hydrogen-bond acceptors (Lipinski definition) is 4. The smallest absolute Gasteiger partial charge is 0.244 e. The fraction of sp³-hybridized carbons (Fsp3) is 0.391. The summed E-state index contributed by atoms with van der Waals surface area (Å²) in [5, 5.41) is 3.52. The Morgan fingerprint density at radius 1 is 1.06 bits per heavy atom. The second kappa shape index (κ2) is 11.3. The number of rotatable bonds is 8. The lowest BCUT2D eigenvalue weighted by atomic mass is 10.1. The number of amides is 2. The lowest BCUT2D eigenvalue weighted by Gasteiger charge is -2.33. The third-order valence-corrected chi connectivity index (χ3v) is 7.23. The predicted molar refractivity (Wildman–Crippen MR) is 141 cm³/mol. The van der Waals surface area contributed by atoms with Crippen LogP contribution in [0, 0.1) is 0 Å². The van der Waals surface area contributed by atoms with E-state index in [0.29, 0.717) is 21.3 Å². The average Bonchev–Trinajstić information content (AvgIpc) is 2.70. The molecule has 0 heterocycles. The fourth-order valence-corrected chi connectivity index (χ4v) is 4.76. The summed E-state index contributed by atoms with van der Waals surface area (Å²) in [5.74, 6) is -0.973. The molecule has 0 aliphatic carbocycles. The number of carbonyl (C=O) groups is 2. The van der Waals surface area contributed by atoms with E-state index in [9.17, 15) is 18.0 Å². The summed E-state index contributed by atoms with van der Waals surface area (Å²) in [6.07, 6.45) is 1.02. The van der Waals surface area contributed by atoms with Gasteiger partial charge in [-0.2, -0.15) is 0 Å². The van der Waals surface area contributed by atoms with Gasteiger partial charge in [-0.05, 0) is 64.1 Å².